The first-order chi connectivity index (χ1) is 13.9. The Balaban J connectivity index is 1.68. The maximum Gasteiger partial charge on any atom is 0.321 e. The molecule has 5 nitrogen and oxygen atoms in total. The van der Waals surface area contributed by atoms with Crippen LogP contribution in [0.5, 0.6) is 0 Å². The molecule has 5 heteroatoms. The van der Waals surface area contributed by atoms with Crippen molar-refractivity contribution in [1.82, 2.24) is 14.4 Å². The second kappa shape index (κ2) is 7.71. The number of likely N-dealkylation sites (tertiary alicyclic amines) is 1. The van der Waals surface area contributed by atoms with Gasteiger partial charge in [-0.1, -0.05) is 18.2 Å². The number of benzene rings is 2. The Morgan fingerprint density at radius 2 is 1.79 bits per heavy atom. The van der Waals surface area contributed by atoms with Gasteiger partial charge in [0.2, 0.25) is 0 Å². The largest absolute Gasteiger partial charge is 0.338 e. The van der Waals surface area contributed by atoms with Crippen LogP contribution >= 0.6 is 0 Å². The number of aryl methyl sites for hydroxylation is 1. The van der Waals surface area contributed by atoms with Crippen molar-refractivity contribution in [1.29, 1.82) is 0 Å². The van der Waals surface area contributed by atoms with Crippen LogP contribution in [0.4, 0.5) is 10.5 Å². The minimum absolute atomic E-state index is 0.0189. The molecule has 0 atom stereocenters. The zero-order chi connectivity index (χ0) is 20.7. The van der Waals surface area contributed by atoms with E-state index in [1.807, 2.05) is 11.9 Å². The molecule has 2 heterocycles. The highest BCUT2D eigenvalue weighted by Crippen LogP contribution is 2.36. The average Bonchev–Trinajstić information content (AvgIpc) is 3.05. The number of nitrogens with zero attached hydrogens (tertiary/aromatic N) is 3. The fraction of sp³-hybridized carbons (Fsp3) is 0.458. The molecule has 0 unspecified atom stereocenters. The minimum atomic E-state index is -0.0189. The van der Waals surface area contributed by atoms with E-state index in [0.29, 0.717) is 12.1 Å². The third-order valence-electron chi connectivity index (χ3n) is 6.45. The highest BCUT2D eigenvalue weighted by Gasteiger charge is 2.25. The van der Waals surface area contributed by atoms with Crippen molar-refractivity contribution >= 4 is 33.5 Å². The molecular formula is C24H32N4O. The molecule has 0 radical (unpaired) electrons. The van der Waals surface area contributed by atoms with Gasteiger partial charge in [0, 0.05) is 46.6 Å². The summed E-state index contributed by atoms with van der Waals surface area (Å²) in [5.41, 5.74) is 4.49. The highest BCUT2D eigenvalue weighted by atomic mass is 16.2. The number of carbonyl (C=O) groups is 1. The molecule has 0 spiro atoms. The van der Waals surface area contributed by atoms with Gasteiger partial charge in [0.15, 0.2) is 0 Å². The number of nitrogens with one attached hydrogen (secondary N) is 1. The van der Waals surface area contributed by atoms with Gasteiger partial charge in [-0.25, -0.2) is 4.79 Å². The summed E-state index contributed by atoms with van der Waals surface area (Å²) in [6.07, 6.45) is 2.06. The molecule has 2 aromatic carbocycles. The first-order valence-electron chi connectivity index (χ1n) is 10.6. The van der Waals surface area contributed by atoms with Gasteiger partial charge in [-0.15, -0.1) is 0 Å². The number of carbonyl (C=O) groups excluding carboxylic acids is 1. The van der Waals surface area contributed by atoms with E-state index in [0.717, 1.165) is 37.2 Å². The van der Waals surface area contributed by atoms with E-state index in [-0.39, 0.29) is 6.03 Å². The number of rotatable bonds is 3. The molecule has 1 saturated heterocycles. The molecular weight excluding hydrogens is 360 g/mol. The van der Waals surface area contributed by atoms with Crippen molar-refractivity contribution < 1.29 is 4.79 Å². The first-order valence-corrected chi connectivity index (χ1v) is 10.6. The highest BCUT2D eigenvalue weighted by molar-refractivity contribution is 6.12. The zero-order valence-electron chi connectivity index (χ0n) is 18.2. The predicted molar refractivity (Wildman–Crippen MR) is 122 cm³/mol. The Morgan fingerprint density at radius 1 is 1.10 bits per heavy atom. The fourth-order valence-corrected chi connectivity index (χ4v) is 4.71. The summed E-state index contributed by atoms with van der Waals surface area (Å²) >= 11 is 0. The number of hydrogen-bond acceptors (Lipinski definition) is 2. The number of amides is 2. The summed E-state index contributed by atoms with van der Waals surface area (Å²) < 4.78 is 2.38. The van der Waals surface area contributed by atoms with Crippen molar-refractivity contribution in [2.45, 2.75) is 45.7 Å². The van der Waals surface area contributed by atoms with E-state index in [2.05, 4.69) is 79.0 Å². The smallest absolute Gasteiger partial charge is 0.321 e. The van der Waals surface area contributed by atoms with Gasteiger partial charge in [-0.2, -0.15) is 0 Å². The molecule has 1 aliphatic heterocycles. The van der Waals surface area contributed by atoms with E-state index in [1.165, 1.54) is 21.8 Å². The van der Waals surface area contributed by atoms with Crippen LogP contribution in [0.3, 0.4) is 0 Å². The summed E-state index contributed by atoms with van der Waals surface area (Å²) in [6, 6.07) is 13.4. The molecule has 0 saturated carbocycles. The number of hydrogen-bond donors (Lipinski definition) is 1. The molecule has 1 fully saturated rings. The molecule has 0 bridgehead atoms. The first kappa shape index (κ1) is 19.8. The van der Waals surface area contributed by atoms with Crippen molar-refractivity contribution in [3.63, 3.8) is 0 Å². The normalized spacial score (nSPS) is 16.1. The third kappa shape index (κ3) is 3.48. The molecule has 1 aromatic heterocycles. The summed E-state index contributed by atoms with van der Waals surface area (Å²) in [6.45, 7) is 8.63. The maximum atomic E-state index is 13.0. The van der Waals surface area contributed by atoms with E-state index in [1.54, 1.807) is 0 Å². The summed E-state index contributed by atoms with van der Waals surface area (Å²) in [5.74, 6) is 0. The van der Waals surface area contributed by atoms with Crippen LogP contribution in [-0.4, -0.2) is 53.6 Å². The minimum Gasteiger partial charge on any atom is -0.338 e. The lowest BCUT2D eigenvalue weighted by molar-refractivity contribution is 0.156. The second-order valence-corrected chi connectivity index (χ2v) is 8.69. The van der Waals surface area contributed by atoms with Gasteiger partial charge >= 0.3 is 6.03 Å². The second-order valence-electron chi connectivity index (χ2n) is 8.69. The Kier molecular flexibility index (Phi) is 5.26. The lowest BCUT2D eigenvalue weighted by Gasteiger charge is -2.35. The van der Waals surface area contributed by atoms with Crippen LogP contribution in [0.15, 0.2) is 36.4 Å². The van der Waals surface area contributed by atoms with Crippen LogP contribution in [0.1, 0.15) is 38.3 Å². The number of fused-ring (bicyclic) bond motifs is 3. The van der Waals surface area contributed by atoms with Crippen molar-refractivity contribution in [2.75, 3.05) is 32.5 Å². The van der Waals surface area contributed by atoms with Crippen molar-refractivity contribution in [2.24, 2.45) is 0 Å². The van der Waals surface area contributed by atoms with Gasteiger partial charge in [0.05, 0.1) is 0 Å². The van der Waals surface area contributed by atoms with Crippen LogP contribution in [0.2, 0.25) is 0 Å². The molecule has 29 heavy (non-hydrogen) atoms. The van der Waals surface area contributed by atoms with Gasteiger partial charge in [-0.3, -0.25) is 0 Å². The lowest BCUT2D eigenvalue weighted by Crippen LogP contribution is -2.46. The lowest BCUT2D eigenvalue weighted by atomic mass is 10.0. The number of piperidine rings is 1. The summed E-state index contributed by atoms with van der Waals surface area (Å²) in [5, 5.41) is 5.65. The molecule has 4 rings (SSSR count). The Bertz CT molecular complexity index is 1040. The number of urea groups is 1. The molecule has 3 aromatic rings. The van der Waals surface area contributed by atoms with Crippen LogP contribution in [0.25, 0.3) is 21.8 Å². The maximum absolute atomic E-state index is 13.0. The van der Waals surface area contributed by atoms with E-state index < -0.39 is 0 Å². The van der Waals surface area contributed by atoms with Crippen LogP contribution in [-0.2, 0) is 0 Å². The number of para-hydroxylation sites is 1. The van der Waals surface area contributed by atoms with Crippen molar-refractivity contribution in [3.05, 3.63) is 42.0 Å². The Labute approximate surface area is 173 Å². The van der Waals surface area contributed by atoms with Crippen LogP contribution in [0, 0.1) is 6.92 Å². The number of aromatic nitrogens is 1. The molecule has 2 amide bonds. The molecule has 1 N–H and O–H groups in total. The average molecular weight is 393 g/mol. The van der Waals surface area contributed by atoms with E-state index in [4.69, 9.17) is 0 Å². The quantitative estimate of drug-likeness (QED) is 0.662. The molecule has 0 aliphatic carbocycles. The SMILES string of the molecule is Cc1c(NC(=O)N(C)C2CCN(C)CC2)ccc2c1c1ccccc1n2C(C)C. The standard InChI is InChI=1S/C24H32N4O/c1-16(2)28-21-9-7-6-8-19(21)23-17(3)20(10-11-22(23)28)25-24(29)27(5)18-12-14-26(4)15-13-18/h6-11,16,18H,12-15H2,1-5H3,(H,25,29). The summed E-state index contributed by atoms with van der Waals surface area (Å²) in [7, 11) is 4.06. The monoisotopic (exact) mass is 392 g/mol. The predicted octanol–water partition coefficient (Wildman–Crippen LogP) is 5.24. The molecule has 154 valence electrons. The zero-order valence-corrected chi connectivity index (χ0v) is 18.2. The summed E-state index contributed by atoms with van der Waals surface area (Å²) in [4.78, 5) is 17.2. The van der Waals surface area contributed by atoms with Crippen molar-refractivity contribution in [3.8, 4) is 0 Å². The van der Waals surface area contributed by atoms with Gasteiger partial charge < -0.3 is 19.7 Å². The fourth-order valence-electron chi connectivity index (χ4n) is 4.71. The third-order valence-corrected chi connectivity index (χ3v) is 6.45. The van der Waals surface area contributed by atoms with Gasteiger partial charge in [-0.05, 0) is 77.5 Å². The van der Waals surface area contributed by atoms with Gasteiger partial charge in [0.25, 0.3) is 0 Å². The van der Waals surface area contributed by atoms with Gasteiger partial charge in [0.1, 0.15) is 0 Å². The van der Waals surface area contributed by atoms with Crippen LogP contribution < -0.4 is 5.32 Å². The van der Waals surface area contributed by atoms with E-state index >= 15 is 0 Å². The Hall–Kier alpha value is -2.53. The topological polar surface area (TPSA) is 40.5 Å². The number of anilines is 1. The van der Waals surface area contributed by atoms with E-state index in [9.17, 15) is 4.79 Å². The molecule has 1 aliphatic rings. The Morgan fingerprint density at radius 3 is 2.48 bits per heavy atom.